The molecule has 174 valence electrons. The van der Waals surface area contributed by atoms with Gasteiger partial charge < -0.3 is 5.32 Å². The zero-order valence-electron chi connectivity index (χ0n) is 19.7. The minimum Gasteiger partial charge on any atom is -0.340 e. The molecule has 0 bridgehead atoms. The van der Waals surface area contributed by atoms with Gasteiger partial charge in [-0.15, -0.1) is 0 Å². The van der Waals surface area contributed by atoms with Gasteiger partial charge in [-0.2, -0.15) is 0 Å². The Hall–Kier alpha value is -3.05. The van der Waals surface area contributed by atoms with Gasteiger partial charge in [0.1, 0.15) is 12.1 Å². The Labute approximate surface area is 201 Å². The first-order chi connectivity index (χ1) is 16.7. The quantitative estimate of drug-likeness (QED) is 0.545. The molecule has 2 aromatic carbocycles. The number of hydrogen-bond donors (Lipinski definition) is 1. The molecule has 1 aromatic heterocycles. The van der Waals surface area contributed by atoms with Gasteiger partial charge in [-0.05, 0) is 93.3 Å². The maximum atomic E-state index is 13.1. The smallest absolute Gasteiger partial charge is 0.166 e. The average molecular weight is 453 g/mol. The van der Waals surface area contributed by atoms with Gasteiger partial charge in [0, 0.05) is 35.0 Å². The van der Waals surface area contributed by atoms with Crippen molar-refractivity contribution < 1.29 is 4.79 Å². The molecule has 0 spiro atoms. The number of benzene rings is 2. The molecular formula is C29H32N4O. The number of rotatable bonds is 6. The van der Waals surface area contributed by atoms with Gasteiger partial charge in [0.25, 0.3) is 0 Å². The van der Waals surface area contributed by atoms with E-state index in [4.69, 9.17) is 0 Å². The van der Waals surface area contributed by atoms with Crippen LogP contribution < -0.4 is 5.32 Å². The Balaban J connectivity index is 1.06. The Kier molecular flexibility index (Phi) is 5.88. The lowest BCUT2D eigenvalue weighted by atomic mass is 9.85. The fraction of sp³-hybridized carbons (Fsp3) is 0.414. The minimum atomic E-state index is 0.138. The molecule has 2 aliphatic carbocycles. The highest BCUT2D eigenvalue weighted by atomic mass is 16.1. The monoisotopic (exact) mass is 452 g/mol. The first-order valence-electron chi connectivity index (χ1n) is 12.8. The highest BCUT2D eigenvalue weighted by Crippen LogP contribution is 2.36. The van der Waals surface area contributed by atoms with Crippen molar-refractivity contribution in [2.75, 3.05) is 18.4 Å². The molecule has 1 atom stereocenters. The number of anilines is 2. The summed E-state index contributed by atoms with van der Waals surface area (Å²) in [5.41, 5.74) is 6.93. The van der Waals surface area contributed by atoms with E-state index < -0.39 is 0 Å². The number of nitrogens with one attached hydrogen (secondary N) is 1. The molecule has 0 radical (unpaired) electrons. The number of nitrogens with zero attached hydrogens (tertiary/aromatic N) is 3. The Morgan fingerprint density at radius 3 is 2.71 bits per heavy atom. The van der Waals surface area contributed by atoms with Crippen LogP contribution in [-0.4, -0.2) is 33.7 Å². The Bertz CT molecular complexity index is 1180. The molecular weight excluding hydrogens is 420 g/mol. The molecule has 2 heterocycles. The lowest BCUT2D eigenvalue weighted by Crippen LogP contribution is -2.34. The van der Waals surface area contributed by atoms with E-state index in [9.17, 15) is 4.79 Å². The third-order valence-electron chi connectivity index (χ3n) is 7.92. The second-order valence-corrected chi connectivity index (χ2v) is 10.2. The summed E-state index contributed by atoms with van der Waals surface area (Å²) < 4.78 is 0. The topological polar surface area (TPSA) is 58.1 Å². The number of hydrogen-bond acceptors (Lipinski definition) is 5. The van der Waals surface area contributed by atoms with Crippen LogP contribution in [0, 0.1) is 11.8 Å². The van der Waals surface area contributed by atoms with Crippen molar-refractivity contribution in [2.45, 2.75) is 51.5 Å². The molecule has 34 heavy (non-hydrogen) atoms. The van der Waals surface area contributed by atoms with Crippen molar-refractivity contribution in [1.29, 1.82) is 0 Å². The number of piperidine rings is 1. The van der Waals surface area contributed by atoms with E-state index in [2.05, 4.69) is 56.6 Å². The molecule has 1 unspecified atom stereocenters. The van der Waals surface area contributed by atoms with Crippen LogP contribution in [0.5, 0.6) is 0 Å². The molecule has 3 aromatic rings. The number of carbonyl (C=O) groups is 1. The maximum absolute atomic E-state index is 13.1. The standard InChI is InChI=1S/C29H32N4O/c34-28-23(15-20-11-13-33(14-12-20)18-21-5-2-1-3-6-21)16-22-17-24(9-10-25(22)28)32-29-26-7-4-8-27(26)30-19-31-29/h1-3,5-6,9-10,17,19-20,23H,4,7-8,11-16,18H2,(H,30,31,32). The molecule has 3 aliphatic rings. The van der Waals surface area contributed by atoms with E-state index in [1.165, 1.54) is 35.2 Å². The van der Waals surface area contributed by atoms with E-state index >= 15 is 0 Å². The number of aromatic nitrogens is 2. The van der Waals surface area contributed by atoms with Gasteiger partial charge in [-0.3, -0.25) is 9.69 Å². The van der Waals surface area contributed by atoms with Crippen molar-refractivity contribution in [3.8, 4) is 0 Å². The van der Waals surface area contributed by atoms with Gasteiger partial charge >= 0.3 is 0 Å². The highest BCUT2D eigenvalue weighted by Gasteiger charge is 2.33. The van der Waals surface area contributed by atoms with Crippen LogP contribution in [0.15, 0.2) is 54.9 Å². The van der Waals surface area contributed by atoms with Gasteiger partial charge in [0.15, 0.2) is 5.78 Å². The number of carbonyl (C=O) groups excluding carboxylic acids is 1. The van der Waals surface area contributed by atoms with Crippen LogP contribution in [0.2, 0.25) is 0 Å². The molecule has 0 amide bonds. The summed E-state index contributed by atoms with van der Waals surface area (Å²) in [6, 6.07) is 16.9. The van der Waals surface area contributed by atoms with Crippen LogP contribution in [0.1, 0.15) is 58.4 Å². The largest absolute Gasteiger partial charge is 0.340 e. The minimum absolute atomic E-state index is 0.138. The highest BCUT2D eigenvalue weighted by molar-refractivity contribution is 6.02. The van der Waals surface area contributed by atoms with E-state index in [0.29, 0.717) is 11.7 Å². The second kappa shape index (κ2) is 9.30. The molecule has 1 saturated heterocycles. The summed E-state index contributed by atoms with van der Waals surface area (Å²) in [7, 11) is 0. The summed E-state index contributed by atoms with van der Waals surface area (Å²) in [5, 5.41) is 3.50. The number of ketones is 1. The molecule has 1 N–H and O–H groups in total. The predicted molar refractivity (Wildman–Crippen MR) is 134 cm³/mol. The molecule has 1 fully saturated rings. The SMILES string of the molecule is O=C1c2ccc(Nc3ncnc4c3CCC4)cc2CC1CC1CCN(Cc2ccccc2)CC1. The average Bonchev–Trinajstić information content (AvgIpc) is 3.46. The zero-order valence-corrected chi connectivity index (χ0v) is 19.7. The van der Waals surface area contributed by atoms with Crippen LogP contribution in [0.4, 0.5) is 11.5 Å². The number of fused-ring (bicyclic) bond motifs is 2. The predicted octanol–water partition coefficient (Wildman–Crippen LogP) is 5.37. The normalized spacial score (nSPS) is 20.4. The van der Waals surface area contributed by atoms with Crippen molar-refractivity contribution in [1.82, 2.24) is 14.9 Å². The van der Waals surface area contributed by atoms with Crippen LogP contribution in [-0.2, 0) is 25.8 Å². The van der Waals surface area contributed by atoms with Gasteiger partial charge in [-0.25, -0.2) is 9.97 Å². The van der Waals surface area contributed by atoms with Crippen LogP contribution >= 0.6 is 0 Å². The molecule has 6 rings (SSSR count). The third-order valence-corrected chi connectivity index (χ3v) is 7.92. The van der Waals surface area contributed by atoms with E-state index in [0.717, 1.165) is 68.8 Å². The van der Waals surface area contributed by atoms with Crippen LogP contribution in [0.3, 0.4) is 0 Å². The third kappa shape index (κ3) is 4.37. The number of aryl methyl sites for hydroxylation is 1. The van der Waals surface area contributed by atoms with Gasteiger partial charge in [0.2, 0.25) is 0 Å². The Morgan fingerprint density at radius 1 is 1.00 bits per heavy atom. The number of Topliss-reactive ketones (excluding diaryl/α,β-unsaturated/α-hetero) is 1. The summed E-state index contributed by atoms with van der Waals surface area (Å²) in [5.74, 6) is 2.05. The van der Waals surface area contributed by atoms with Gasteiger partial charge in [0.05, 0.1) is 0 Å². The molecule has 5 nitrogen and oxygen atoms in total. The Morgan fingerprint density at radius 2 is 1.85 bits per heavy atom. The van der Waals surface area contributed by atoms with Crippen molar-refractivity contribution in [3.63, 3.8) is 0 Å². The lowest BCUT2D eigenvalue weighted by molar-refractivity contribution is 0.0895. The van der Waals surface area contributed by atoms with Crippen molar-refractivity contribution in [2.24, 2.45) is 11.8 Å². The van der Waals surface area contributed by atoms with Crippen molar-refractivity contribution in [3.05, 3.63) is 82.8 Å². The first-order valence-corrected chi connectivity index (χ1v) is 12.8. The van der Waals surface area contributed by atoms with E-state index in [-0.39, 0.29) is 5.92 Å². The summed E-state index contributed by atoms with van der Waals surface area (Å²) >= 11 is 0. The maximum Gasteiger partial charge on any atom is 0.166 e. The second-order valence-electron chi connectivity index (χ2n) is 10.2. The summed E-state index contributed by atoms with van der Waals surface area (Å²) in [4.78, 5) is 24.6. The molecule has 0 saturated carbocycles. The summed E-state index contributed by atoms with van der Waals surface area (Å²) in [6.45, 7) is 3.29. The van der Waals surface area contributed by atoms with Gasteiger partial charge in [-0.1, -0.05) is 30.3 Å². The molecule has 5 heteroatoms. The lowest BCUT2D eigenvalue weighted by Gasteiger charge is -2.32. The fourth-order valence-corrected chi connectivity index (χ4v) is 6.08. The summed E-state index contributed by atoms with van der Waals surface area (Å²) in [6.07, 6.45) is 9.16. The number of likely N-dealkylation sites (tertiary alicyclic amines) is 1. The fourth-order valence-electron chi connectivity index (χ4n) is 6.08. The van der Waals surface area contributed by atoms with E-state index in [1.807, 2.05) is 12.1 Å². The molecule has 1 aliphatic heterocycles. The van der Waals surface area contributed by atoms with E-state index in [1.54, 1.807) is 6.33 Å². The van der Waals surface area contributed by atoms with Crippen molar-refractivity contribution >= 4 is 17.3 Å². The van der Waals surface area contributed by atoms with Crippen LogP contribution in [0.25, 0.3) is 0 Å². The first kappa shape index (κ1) is 21.5. The zero-order chi connectivity index (χ0) is 22.9.